The maximum atomic E-state index is 11.3. The normalized spacial score (nSPS) is 19.4. The number of fused-ring (bicyclic) bond motifs is 1. The van der Waals surface area contributed by atoms with Gasteiger partial charge in [-0.15, -0.1) is 0 Å². The van der Waals surface area contributed by atoms with E-state index in [1.165, 1.54) is 25.7 Å². The molecule has 0 atom stereocenters. The highest BCUT2D eigenvalue weighted by atomic mass is 16.7. The van der Waals surface area contributed by atoms with Gasteiger partial charge in [-0.2, -0.15) is 0 Å². The lowest BCUT2D eigenvalue weighted by Crippen LogP contribution is -2.25. The van der Waals surface area contributed by atoms with Crippen LogP contribution in [0, 0.1) is 0 Å². The Morgan fingerprint density at radius 1 is 1.19 bits per heavy atom. The predicted molar refractivity (Wildman–Crippen MR) is 77.4 cm³/mol. The Kier molecular flexibility index (Phi) is 4.41. The standard InChI is InChI=1S/C16H21NO4/c18-16(19)12-7-13(9-17-5-3-1-2-4-6-17)15-14(8-12)10-20-11-21-15/h7-8H,1-6,9-11H2,(H,18,19). The Balaban J connectivity index is 1.88. The first kappa shape index (κ1) is 14.4. The van der Waals surface area contributed by atoms with Gasteiger partial charge in [-0.1, -0.05) is 12.8 Å². The molecule has 21 heavy (non-hydrogen) atoms. The van der Waals surface area contributed by atoms with Crippen LogP contribution in [0.4, 0.5) is 0 Å². The zero-order valence-corrected chi connectivity index (χ0v) is 12.1. The van der Waals surface area contributed by atoms with Crippen LogP contribution >= 0.6 is 0 Å². The lowest BCUT2D eigenvalue weighted by Gasteiger charge is -2.25. The molecule has 0 radical (unpaired) electrons. The summed E-state index contributed by atoms with van der Waals surface area (Å²) in [5.41, 5.74) is 2.12. The Hall–Kier alpha value is -1.59. The van der Waals surface area contributed by atoms with Gasteiger partial charge in [-0.05, 0) is 38.1 Å². The maximum absolute atomic E-state index is 11.3. The molecule has 0 amide bonds. The van der Waals surface area contributed by atoms with Gasteiger partial charge in [0.1, 0.15) is 5.75 Å². The van der Waals surface area contributed by atoms with Crippen molar-refractivity contribution in [2.75, 3.05) is 19.9 Å². The number of carbonyl (C=O) groups is 1. The number of hydrogen-bond donors (Lipinski definition) is 1. The average Bonchev–Trinajstić information content (AvgIpc) is 2.75. The van der Waals surface area contributed by atoms with Gasteiger partial charge in [-0.3, -0.25) is 4.90 Å². The van der Waals surface area contributed by atoms with Crippen LogP contribution in [-0.2, 0) is 17.9 Å². The van der Waals surface area contributed by atoms with Crippen molar-refractivity contribution in [2.24, 2.45) is 0 Å². The van der Waals surface area contributed by atoms with Gasteiger partial charge in [0.05, 0.1) is 12.2 Å². The summed E-state index contributed by atoms with van der Waals surface area (Å²) in [7, 11) is 0. The lowest BCUT2D eigenvalue weighted by molar-refractivity contribution is -0.0175. The molecule has 2 heterocycles. The van der Waals surface area contributed by atoms with Crippen LogP contribution in [0.5, 0.6) is 5.75 Å². The first-order chi connectivity index (χ1) is 10.2. The van der Waals surface area contributed by atoms with Crippen molar-refractivity contribution in [1.29, 1.82) is 0 Å². The maximum Gasteiger partial charge on any atom is 0.335 e. The van der Waals surface area contributed by atoms with E-state index < -0.39 is 5.97 Å². The summed E-state index contributed by atoms with van der Waals surface area (Å²) in [4.78, 5) is 13.7. The fourth-order valence-corrected chi connectivity index (χ4v) is 3.08. The van der Waals surface area contributed by atoms with Crippen LogP contribution in [0.15, 0.2) is 12.1 Å². The molecule has 1 fully saturated rings. The quantitative estimate of drug-likeness (QED) is 0.927. The average molecular weight is 291 g/mol. The van der Waals surface area contributed by atoms with Gasteiger partial charge in [0.25, 0.3) is 0 Å². The molecular weight excluding hydrogens is 270 g/mol. The Morgan fingerprint density at radius 2 is 1.95 bits per heavy atom. The molecule has 3 rings (SSSR count). The van der Waals surface area contributed by atoms with Crippen molar-refractivity contribution >= 4 is 5.97 Å². The van der Waals surface area contributed by atoms with Crippen LogP contribution in [0.3, 0.4) is 0 Å². The Bertz CT molecular complexity index is 521. The molecule has 1 aromatic carbocycles. The molecule has 1 aromatic rings. The van der Waals surface area contributed by atoms with Crippen molar-refractivity contribution in [3.05, 3.63) is 28.8 Å². The zero-order valence-electron chi connectivity index (χ0n) is 12.1. The summed E-state index contributed by atoms with van der Waals surface area (Å²) in [5, 5.41) is 9.27. The van der Waals surface area contributed by atoms with Crippen molar-refractivity contribution in [3.8, 4) is 5.75 Å². The molecule has 0 unspecified atom stereocenters. The van der Waals surface area contributed by atoms with Crippen LogP contribution in [0.25, 0.3) is 0 Å². The molecule has 5 heteroatoms. The molecule has 2 aliphatic rings. The van der Waals surface area contributed by atoms with Crippen molar-refractivity contribution in [2.45, 2.75) is 38.8 Å². The second-order valence-electron chi connectivity index (χ2n) is 5.73. The van der Waals surface area contributed by atoms with Crippen LogP contribution in [-0.4, -0.2) is 35.9 Å². The fraction of sp³-hybridized carbons (Fsp3) is 0.562. The van der Waals surface area contributed by atoms with Gasteiger partial charge in [-0.25, -0.2) is 4.79 Å². The number of hydrogen-bond acceptors (Lipinski definition) is 4. The minimum atomic E-state index is -0.902. The molecule has 0 spiro atoms. The number of carboxylic acids is 1. The molecule has 5 nitrogen and oxygen atoms in total. The molecule has 114 valence electrons. The highest BCUT2D eigenvalue weighted by Crippen LogP contribution is 2.31. The minimum absolute atomic E-state index is 0.242. The van der Waals surface area contributed by atoms with Gasteiger partial charge < -0.3 is 14.6 Å². The minimum Gasteiger partial charge on any atom is -0.478 e. The topological polar surface area (TPSA) is 59.0 Å². The number of likely N-dealkylation sites (tertiary alicyclic amines) is 1. The van der Waals surface area contributed by atoms with E-state index in [1.807, 2.05) is 0 Å². The van der Waals surface area contributed by atoms with Gasteiger partial charge in [0.2, 0.25) is 0 Å². The monoisotopic (exact) mass is 291 g/mol. The van der Waals surface area contributed by atoms with Crippen LogP contribution in [0.2, 0.25) is 0 Å². The number of aromatic carboxylic acids is 1. The second-order valence-corrected chi connectivity index (χ2v) is 5.73. The predicted octanol–water partition coefficient (Wildman–Crippen LogP) is 2.63. The summed E-state index contributed by atoms with van der Waals surface area (Å²) in [6.07, 6.45) is 5.00. The number of rotatable bonds is 3. The third kappa shape index (κ3) is 3.36. The van der Waals surface area contributed by atoms with E-state index in [2.05, 4.69) is 4.90 Å². The van der Waals surface area contributed by atoms with E-state index in [0.717, 1.165) is 36.5 Å². The SMILES string of the molecule is O=C(O)c1cc2c(c(CN3CCCCCC3)c1)OCOC2. The van der Waals surface area contributed by atoms with E-state index in [1.54, 1.807) is 12.1 Å². The summed E-state index contributed by atoms with van der Waals surface area (Å²) < 4.78 is 10.9. The molecule has 0 bridgehead atoms. The summed E-state index contributed by atoms with van der Waals surface area (Å²) >= 11 is 0. The van der Waals surface area contributed by atoms with Crippen molar-refractivity contribution < 1.29 is 19.4 Å². The van der Waals surface area contributed by atoms with E-state index in [-0.39, 0.29) is 6.79 Å². The zero-order chi connectivity index (χ0) is 14.7. The second kappa shape index (κ2) is 6.45. The summed E-state index contributed by atoms with van der Waals surface area (Å²) in [6, 6.07) is 3.40. The number of nitrogens with zero attached hydrogens (tertiary/aromatic N) is 1. The molecule has 0 aromatic heterocycles. The van der Waals surface area contributed by atoms with Gasteiger partial charge in [0, 0.05) is 17.7 Å². The number of carboxylic acid groups (broad SMARTS) is 1. The van der Waals surface area contributed by atoms with Crippen LogP contribution < -0.4 is 4.74 Å². The first-order valence-corrected chi connectivity index (χ1v) is 7.56. The van der Waals surface area contributed by atoms with Gasteiger partial charge >= 0.3 is 5.97 Å². The third-order valence-electron chi connectivity index (χ3n) is 4.13. The fourth-order valence-electron chi connectivity index (χ4n) is 3.08. The molecule has 0 saturated carbocycles. The first-order valence-electron chi connectivity index (χ1n) is 7.56. The Morgan fingerprint density at radius 3 is 2.67 bits per heavy atom. The van der Waals surface area contributed by atoms with E-state index in [4.69, 9.17) is 9.47 Å². The molecule has 1 saturated heterocycles. The number of ether oxygens (including phenoxy) is 2. The molecule has 2 aliphatic heterocycles. The summed E-state index contributed by atoms with van der Waals surface area (Å²) in [5.74, 6) is -0.0870. The van der Waals surface area contributed by atoms with Gasteiger partial charge in [0.15, 0.2) is 6.79 Å². The largest absolute Gasteiger partial charge is 0.478 e. The van der Waals surface area contributed by atoms with E-state index in [9.17, 15) is 9.90 Å². The van der Waals surface area contributed by atoms with Crippen molar-refractivity contribution in [3.63, 3.8) is 0 Å². The molecule has 0 aliphatic carbocycles. The van der Waals surface area contributed by atoms with Crippen molar-refractivity contribution in [1.82, 2.24) is 4.90 Å². The number of benzene rings is 1. The smallest absolute Gasteiger partial charge is 0.335 e. The van der Waals surface area contributed by atoms with Crippen LogP contribution in [0.1, 0.15) is 47.2 Å². The Labute approximate surface area is 124 Å². The highest BCUT2D eigenvalue weighted by molar-refractivity contribution is 5.88. The van der Waals surface area contributed by atoms with E-state index in [0.29, 0.717) is 12.2 Å². The van der Waals surface area contributed by atoms with E-state index >= 15 is 0 Å². The molecule has 1 N–H and O–H groups in total. The molecular formula is C16H21NO4. The summed E-state index contributed by atoms with van der Waals surface area (Å²) in [6.45, 7) is 3.56. The lowest BCUT2D eigenvalue weighted by atomic mass is 10.0. The third-order valence-corrected chi connectivity index (χ3v) is 4.13. The highest BCUT2D eigenvalue weighted by Gasteiger charge is 2.21.